The molecule has 0 atom stereocenters. The summed E-state index contributed by atoms with van der Waals surface area (Å²) in [6.45, 7) is 1.56. The zero-order valence-electron chi connectivity index (χ0n) is 13.8. The Hall–Kier alpha value is -3.06. The van der Waals surface area contributed by atoms with E-state index in [1.165, 1.54) is 0 Å². The molecule has 0 spiro atoms. The van der Waals surface area contributed by atoms with Crippen LogP contribution in [0.25, 0.3) is 5.65 Å². The fourth-order valence-electron chi connectivity index (χ4n) is 2.94. The smallest absolute Gasteiger partial charge is 0.257 e. The van der Waals surface area contributed by atoms with Crippen LogP contribution in [0.1, 0.15) is 10.4 Å². The first-order valence-corrected chi connectivity index (χ1v) is 8.53. The van der Waals surface area contributed by atoms with Crippen LogP contribution in [0.4, 0.5) is 11.4 Å². The van der Waals surface area contributed by atoms with Crippen molar-refractivity contribution in [3.8, 4) is 0 Å². The van der Waals surface area contributed by atoms with Gasteiger partial charge in [0.2, 0.25) is 5.91 Å². The van der Waals surface area contributed by atoms with Gasteiger partial charge in [-0.1, -0.05) is 11.6 Å². The number of nitrogens with one attached hydrogen (secondary N) is 2. The van der Waals surface area contributed by atoms with Crippen molar-refractivity contribution in [2.45, 2.75) is 0 Å². The molecule has 4 rings (SSSR count). The summed E-state index contributed by atoms with van der Waals surface area (Å²) < 4.78 is 1.78. The second kappa shape index (κ2) is 6.68. The molecule has 0 saturated carbocycles. The standard InChI is InChI=1S/C18H16ClN5O2/c19-14-9-13(2-3-15(14)23-7-6-21-17(25)11-23)22-18(26)12-1-4-16-20-5-8-24(16)10-12/h1-5,8-10H,6-7,11H2,(H,21,25)(H,22,26). The van der Waals surface area contributed by atoms with Crippen LogP contribution < -0.4 is 15.5 Å². The number of hydrogen-bond acceptors (Lipinski definition) is 4. The van der Waals surface area contributed by atoms with Crippen LogP contribution in [0.2, 0.25) is 5.02 Å². The first-order chi connectivity index (χ1) is 12.6. The van der Waals surface area contributed by atoms with Crippen molar-refractivity contribution < 1.29 is 9.59 Å². The zero-order chi connectivity index (χ0) is 18.1. The van der Waals surface area contributed by atoms with Gasteiger partial charge in [-0.15, -0.1) is 0 Å². The van der Waals surface area contributed by atoms with Crippen molar-refractivity contribution in [1.82, 2.24) is 14.7 Å². The summed E-state index contributed by atoms with van der Waals surface area (Å²) in [6.07, 6.45) is 5.18. The minimum Gasteiger partial charge on any atom is -0.359 e. The average Bonchev–Trinajstić information content (AvgIpc) is 3.09. The van der Waals surface area contributed by atoms with Crippen LogP contribution in [-0.4, -0.2) is 40.8 Å². The van der Waals surface area contributed by atoms with Crippen molar-refractivity contribution in [2.24, 2.45) is 0 Å². The number of piperazine rings is 1. The highest BCUT2D eigenvalue weighted by atomic mass is 35.5. The topological polar surface area (TPSA) is 78.7 Å². The monoisotopic (exact) mass is 369 g/mol. The van der Waals surface area contributed by atoms with Gasteiger partial charge in [-0.25, -0.2) is 4.98 Å². The van der Waals surface area contributed by atoms with E-state index in [0.29, 0.717) is 29.4 Å². The van der Waals surface area contributed by atoms with Crippen molar-refractivity contribution in [2.75, 3.05) is 29.9 Å². The molecule has 3 aromatic rings. The molecule has 1 fully saturated rings. The van der Waals surface area contributed by atoms with Crippen molar-refractivity contribution in [3.63, 3.8) is 0 Å². The number of rotatable bonds is 3. The maximum atomic E-state index is 12.5. The average molecular weight is 370 g/mol. The van der Waals surface area contributed by atoms with Gasteiger partial charge in [0.05, 0.1) is 22.8 Å². The molecular formula is C18H16ClN5O2. The van der Waals surface area contributed by atoms with E-state index >= 15 is 0 Å². The van der Waals surface area contributed by atoms with E-state index in [0.717, 1.165) is 11.3 Å². The Morgan fingerprint density at radius 3 is 2.96 bits per heavy atom. The molecule has 8 heteroatoms. The molecule has 1 aliphatic heterocycles. The summed E-state index contributed by atoms with van der Waals surface area (Å²) in [5.41, 5.74) is 2.67. The number of anilines is 2. The van der Waals surface area contributed by atoms with Crippen molar-refractivity contribution >= 4 is 40.4 Å². The summed E-state index contributed by atoms with van der Waals surface area (Å²) in [4.78, 5) is 30.1. The van der Waals surface area contributed by atoms with Gasteiger partial charge in [-0.3, -0.25) is 9.59 Å². The van der Waals surface area contributed by atoms with E-state index in [2.05, 4.69) is 15.6 Å². The van der Waals surface area contributed by atoms with Crippen molar-refractivity contribution in [3.05, 3.63) is 59.5 Å². The minimum atomic E-state index is -0.234. The number of amides is 2. The van der Waals surface area contributed by atoms with Crippen LogP contribution in [0.5, 0.6) is 0 Å². The van der Waals surface area contributed by atoms with Gasteiger partial charge in [0.1, 0.15) is 5.65 Å². The minimum absolute atomic E-state index is 0.0282. The Morgan fingerprint density at radius 1 is 1.27 bits per heavy atom. The molecule has 7 nitrogen and oxygen atoms in total. The highest BCUT2D eigenvalue weighted by Crippen LogP contribution is 2.29. The number of carbonyl (C=O) groups excluding carboxylic acids is 2. The predicted molar refractivity (Wildman–Crippen MR) is 99.8 cm³/mol. The molecule has 0 unspecified atom stereocenters. The third kappa shape index (κ3) is 3.21. The Morgan fingerprint density at radius 2 is 2.15 bits per heavy atom. The van der Waals surface area contributed by atoms with Crippen LogP contribution in [0.15, 0.2) is 48.9 Å². The lowest BCUT2D eigenvalue weighted by Crippen LogP contribution is -2.47. The molecular weight excluding hydrogens is 354 g/mol. The molecule has 0 bridgehead atoms. The van der Waals surface area contributed by atoms with Gasteiger partial charge in [0.15, 0.2) is 0 Å². The molecule has 1 saturated heterocycles. The molecule has 2 aromatic heterocycles. The Bertz CT molecular complexity index is 1000. The lowest BCUT2D eigenvalue weighted by Gasteiger charge is -2.29. The van der Waals surface area contributed by atoms with E-state index in [9.17, 15) is 9.59 Å². The molecule has 0 radical (unpaired) electrons. The van der Waals surface area contributed by atoms with E-state index < -0.39 is 0 Å². The SMILES string of the molecule is O=C1CN(c2ccc(NC(=O)c3ccc4nccn4c3)cc2Cl)CCN1. The Balaban J connectivity index is 1.51. The lowest BCUT2D eigenvalue weighted by molar-refractivity contribution is -0.120. The van der Waals surface area contributed by atoms with E-state index in [1.54, 1.807) is 47.3 Å². The van der Waals surface area contributed by atoms with Gasteiger partial charge in [-0.2, -0.15) is 0 Å². The van der Waals surface area contributed by atoms with Gasteiger partial charge >= 0.3 is 0 Å². The maximum Gasteiger partial charge on any atom is 0.257 e. The Kier molecular flexibility index (Phi) is 4.22. The number of fused-ring (bicyclic) bond motifs is 1. The summed E-state index contributed by atoms with van der Waals surface area (Å²) in [5.74, 6) is -0.263. The number of hydrogen-bond donors (Lipinski definition) is 2. The van der Waals surface area contributed by atoms with Crippen LogP contribution in [0, 0.1) is 0 Å². The molecule has 3 heterocycles. The normalized spacial score (nSPS) is 14.3. The van der Waals surface area contributed by atoms with E-state index in [1.807, 2.05) is 11.0 Å². The van der Waals surface area contributed by atoms with Gasteiger partial charge in [0.25, 0.3) is 5.91 Å². The largest absolute Gasteiger partial charge is 0.359 e. The van der Waals surface area contributed by atoms with Gasteiger partial charge < -0.3 is 19.9 Å². The number of aromatic nitrogens is 2. The van der Waals surface area contributed by atoms with E-state index in [4.69, 9.17) is 11.6 Å². The molecule has 2 amide bonds. The fraction of sp³-hybridized carbons (Fsp3) is 0.167. The maximum absolute atomic E-state index is 12.5. The third-order valence-electron chi connectivity index (χ3n) is 4.24. The number of pyridine rings is 1. The number of imidazole rings is 1. The third-order valence-corrected chi connectivity index (χ3v) is 4.54. The molecule has 2 N–H and O–H groups in total. The molecule has 1 aromatic carbocycles. The van der Waals surface area contributed by atoms with Crippen molar-refractivity contribution in [1.29, 1.82) is 0 Å². The Labute approximate surface area is 154 Å². The van der Waals surface area contributed by atoms with Gasteiger partial charge in [0, 0.05) is 37.4 Å². The second-order valence-electron chi connectivity index (χ2n) is 6.00. The summed E-state index contributed by atoms with van der Waals surface area (Å²) >= 11 is 6.37. The van der Waals surface area contributed by atoms with Gasteiger partial charge in [-0.05, 0) is 30.3 Å². The summed E-state index contributed by atoms with van der Waals surface area (Å²) in [5, 5.41) is 6.11. The highest BCUT2D eigenvalue weighted by molar-refractivity contribution is 6.33. The first kappa shape index (κ1) is 16.4. The van der Waals surface area contributed by atoms with Crippen LogP contribution >= 0.6 is 11.6 Å². The van der Waals surface area contributed by atoms with E-state index in [-0.39, 0.29) is 18.4 Å². The molecule has 26 heavy (non-hydrogen) atoms. The molecule has 1 aliphatic rings. The molecule has 0 aliphatic carbocycles. The highest BCUT2D eigenvalue weighted by Gasteiger charge is 2.19. The number of nitrogens with zero attached hydrogens (tertiary/aromatic N) is 3. The molecule has 132 valence electrons. The summed E-state index contributed by atoms with van der Waals surface area (Å²) in [6, 6.07) is 8.79. The first-order valence-electron chi connectivity index (χ1n) is 8.15. The lowest BCUT2D eigenvalue weighted by atomic mass is 10.2. The van der Waals surface area contributed by atoms with Crippen LogP contribution in [-0.2, 0) is 4.79 Å². The zero-order valence-corrected chi connectivity index (χ0v) is 14.5. The number of benzene rings is 1. The number of carbonyl (C=O) groups is 2. The van der Waals surface area contributed by atoms with Crippen LogP contribution in [0.3, 0.4) is 0 Å². The predicted octanol–water partition coefficient (Wildman–Crippen LogP) is 2.18. The second-order valence-corrected chi connectivity index (χ2v) is 6.41. The fourth-order valence-corrected chi connectivity index (χ4v) is 3.24. The quantitative estimate of drug-likeness (QED) is 0.741. The summed E-state index contributed by atoms with van der Waals surface area (Å²) in [7, 11) is 0. The number of halogens is 1.